The second kappa shape index (κ2) is 38.0. The third-order valence-electron chi connectivity index (χ3n) is 19.1. The number of nitrogens with one attached hydrogen (secondary N) is 2. The highest BCUT2D eigenvalue weighted by Gasteiger charge is 2.61. The van der Waals surface area contributed by atoms with Crippen molar-refractivity contribution in [3.63, 3.8) is 0 Å². The standard InChI is InChI=1S/C58H100N2O44/c1-13-27(72)34(79)40(85)53(90-13)101-47-25(59-15(3)68)51(96-23(10-66)45(47)99-55-42(87)36(81)30(75)19(6-62)92-55)103-49-38(83)32(77)21(8-64)94-57(49)89-12-18(71)29(74)44(17(70)5-61)98-58-50(39(84)33(78)22(9-65)95-58)104-52-26(60-16(4)69)48(102-54-41(86)35(80)28(73)14(2)91-54)46(24(11-67)97-52)100-56-43(88)37(82)31(76)20(7-63)93-56/h13-14,17-58,61-67,70-88H,5-12H2,1-4H3,(H,59,68)(H,60,69)/t13-,14-,17-,18+,19+,20+,21+,22+,23+,24+,25+,26+,27+,28+,29+,30-,31-,32+,33+,34+,35+,36-,37-,38-,39-,40-,41-,42+,43+,44+,45+,46+,47+,48+,49-,50-,51-,52-,53-,54-,55-,56-,57-,58+/m0/s1. The van der Waals surface area contributed by atoms with Gasteiger partial charge in [-0.3, -0.25) is 9.59 Å². The SMILES string of the molecule is CC(=O)N[C@H]1[C@H](O[C@@H]2[C@@H](OC[C@@H](O)[C@@H](O)[C@H](O[C@H]3O[C@H](CO)[C@@H](O)[C@H](O)[C@@H]3O[C@@H]3O[C@H](CO)[C@@H](O[C@@H]4O[C@H](CO)[C@H](O)[C@H](O)[C@H]4O)[C@H](O[C@@H]4O[C@@H](C)[C@@H](O)[C@@H](O)[C@@H]4O)[C@H]3NC(C)=O)[C@@H](O)CO)O[C@H](CO)[C@@H](O)[C@@H]2O)O[C@H](CO)[C@@H](O[C@@H]2O[C@H](CO)[C@H](O)[C@H](O)[C@H]2O)[C@@H]1O[C@@H]1O[C@@H](C)[C@@H](O)[C@@H](O)[C@@H]1O. The number of hydrogen-bond donors (Lipinski definition) is 28. The van der Waals surface area contributed by atoms with Gasteiger partial charge in [0.05, 0.1) is 65.1 Å². The van der Waals surface area contributed by atoms with Gasteiger partial charge in [0, 0.05) is 13.8 Å². The first-order valence-electron chi connectivity index (χ1n) is 33.3. The molecule has 28 N–H and O–H groups in total. The summed E-state index contributed by atoms with van der Waals surface area (Å²) < 4.78 is 94.7. The van der Waals surface area contributed by atoms with E-state index in [1.54, 1.807) is 0 Å². The molecule has 8 rings (SSSR count). The molecular weight excluding hydrogens is 1430 g/mol. The Morgan fingerprint density at radius 2 is 0.615 bits per heavy atom. The highest BCUT2D eigenvalue weighted by Crippen LogP contribution is 2.40. The minimum Gasteiger partial charge on any atom is -0.394 e. The highest BCUT2D eigenvalue weighted by molar-refractivity contribution is 5.73. The maximum absolute atomic E-state index is 13.2. The smallest absolute Gasteiger partial charge is 0.217 e. The number of carbonyl (C=O) groups is 2. The van der Waals surface area contributed by atoms with E-state index in [9.17, 15) is 142 Å². The van der Waals surface area contributed by atoms with E-state index in [1.807, 2.05) is 0 Å². The first-order chi connectivity index (χ1) is 49.1. The van der Waals surface area contributed by atoms with Crippen LogP contribution in [-0.4, -0.2) is 467 Å². The van der Waals surface area contributed by atoms with Gasteiger partial charge in [-0.15, -0.1) is 0 Å². The Balaban J connectivity index is 1.08. The van der Waals surface area contributed by atoms with E-state index in [-0.39, 0.29) is 0 Å². The lowest BCUT2D eigenvalue weighted by molar-refractivity contribution is -0.393. The van der Waals surface area contributed by atoms with Crippen LogP contribution in [0.25, 0.3) is 0 Å². The summed E-state index contributed by atoms with van der Waals surface area (Å²) in [5.41, 5.74) is 0. The van der Waals surface area contributed by atoms with Crippen molar-refractivity contribution in [2.75, 3.05) is 52.9 Å². The van der Waals surface area contributed by atoms with Gasteiger partial charge in [0.2, 0.25) is 11.8 Å². The summed E-state index contributed by atoms with van der Waals surface area (Å²) in [4.78, 5) is 26.4. The molecule has 46 nitrogen and oxygen atoms in total. The van der Waals surface area contributed by atoms with Crippen LogP contribution in [0, 0.1) is 0 Å². The topological polar surface area (TPSA) is 732 Å². The molecule has 606 valence electrons. The molecule has 8 saturated heterocycles. The Morgan fingerprint density at radius 1 is 0.327 bits per heavy atom. The normalized spacial score (nSPS) is 48.7. The van der Waals surface area contributed by atoms with Gasteiger partial charge in [0.15, 0.2) is 50.3 Å². The molecule has 44 atom stereocenters. The summed E-state index contributed by atoms with van der Waals surface area (Å²) in [5, 5.41) is 289. The van der Waals surface area contributed by atoms with Crippen LogP contribution in [0.4, 0.5) is 0 Å². The van der Waals surface area contributed by atoms with E-state index in [1.165, 1.54) is 13.8 Å². The van der Waals surface area contributed by atoms with Crippen LogP contribution in [0.5, 0.6) is 0 Å². The maximum Gasteiger partial charge on any atom is 0.217 e. The monoisotopic (exact) mass is 1530 g/mol. The quantitative estimate of drug-likeness (QED) is 0.0331. The second-order valence-electron chi connectivity index (χ2n) is 26.4. The molecule has 0 aromatic carbocycles. The summed E-state index contributed by atoms with van der Waals surface area (Å²) in [6.45, 7) is -4.82. The zero-order valence-electron chi connectivity index (χ0n) is 56.0. The molecule has 46 heteroatoms. The van der Waals surface area contributed by atoms with Crippen molar-refractivity contribution in [3.8, 4) is 0 Å². The number of rotatable bonds is 29. The lowest BCUT2D eigenvalue weighted by atomic mass is 9.93. The van der Waals surface area contributed by atoms with Gasteiger partial charge in [-0.1, -0.05) is 0 Å². The maximum atomic E-state index is 13.2. The number of amides is 2. The van der Waals surface area contributed by atoms with E-state index in [0.29, 0.717) is 0 Å². The van der Waals surface area contributed by atoms with Crippen molar-refractivity contribution < 1.29 is 218 Å². The van der Waals surface area contributed by atoms with Gasteiger partial charge in [-0.2, -0.15) is 0 Å². The predicted molar refractivity (Wildman–Crippen MR) is 320 cm³/mol. The van der Waals surface area contributed by atoms with Crippen molar-refractivity contribution in [1.82, 2.24) is 10.6 Å². The summed E-state index contributed by atoms with van der Waals surface area (Å²) in [6.07, 6.45) is -86.0. The van der Waals surface area contributed by atoms with Crippen LogP contribution in [0.3, 0.4) is 0 Å². The third-order valence-corrected chi connectivity index (χ3v) is 19.1. The van der Waals surface area contributed by atoms with Gasteiger partial charge < -0.3 is 219 Å². The van der Waals surface area contributed by atoms with Crippen molar-refractivity contribution in [2.45, 2.75) is 298 Å². The average Bonchev–Trinajstić information content (AvgIpc) is 0.763. The minimum absolute atomic E-state index is 0.928. The predicted octanol–water partition coefficient (Wildman–Crippen LogP) is -18.6. The molecular formula is C58H100N2O44. The van der Waals surface area contributed by atoms with Crippen LogP contribution >= 0.6 is 0 Å². The Labute approximate surface area is 589 Å². The van der Waals surface area contributed by atoms with Crippen molar-refractivity contribution in [2.24, 2.45) is 0 Å². The molecule has 0 saturated carbocycles. The Morgan fingerprint density at radius 3 is 0.962 bits per heavy atom. The number of ether oxygens (including phenoxy) is 16. The van der Waals surface area contributed by atoms with E-state index in [4.69, 9.17) is 75.8 Å². The molecule has 0 aromatic rings. The fraction of sp³-hybridized carbons (Fsp3) is 0.966. The van der Waals surface area contributed by atoms with E-state index < -0.39 is 335 Å². The van der Waals surface area contributed by atoms with Gasteiger partial charge in [0.25, 0.3) is 0 Å². The number of carbonyl (C=O) groups excluding carboxylic acids is 2. The summed E-state index contributed by atoms with van der Waals surface area (Å²) >= 11 is 0. The van der Waals surface area contributed by atoms with Crippen molar-refractivity contribution in [3.05, 3.63) is 0 Å². The van der Waals surface area contributed by atoms with Crippen LogP contribution in [0.15, 0.2) is 0 Å². The van der Waals surface area contributed by atoms with Crippen LogP contribution in [0.1, 0.15) is 27.7 Å². The number of hydrogen-bond acceptors (Lipinski definition) is 44. The van der Waals surface area contributed by atoms with E-state index in [2.05, 4.69) is 10.6 Å². The second-order valence-corrected chi connectivity index (χ2v) is 26.4. The zero-order chi connectivity index (χ0) is 76.9. The Kier molecular flexibility index (Phi) is 31.7. The van der Waals surface area contributed by atoms with Gasteiger partial charge in [-0.05, 0) is 13.8 Å². The molecule has 0 aliphatic carbocycles. The van der Waals surface area contributed by atoms with Gasteiger partial charge in [0.1, 0.15) is 207 Å². The Bertz CT molecular complexity index is 2620. The lowest BCUT2D eigenvalue weighted by Gasteiger charge is -2.51. The first kappa shape index (κ1) is 86.8. The summed E-state index contributed by atoms with van der Waals surface area (Å²) in [7, 11) is 0. The van der Waals surface area contributed by atoms with Crippen LogP contribution < -0.4 is 10.6 Å². The fourth-order valence-corrected chi connectivity index (χ4v) is 13.1. The van der Waals surface area contributed by atoms with Gasteiger partial charge >= 0.3 is 0 Å². The average molecular weight is 1530 g/mol. The zero-order valence-corrected chi connectivity index (χ0v) is 56.0. The molecule has 0 bridgehead atoms. The summed E-state index contributed by atoms with van der Waals surface area (Å²) in [5.74, 6) is -1.94. The summed E-state index contributed by atoms with van der Waals surface area (Å²) in [6, 6.07) is -3.92. The number of aliphatic hydroxyl groups is 26. The van der Waals surface area contributed by atoms with Crippen LogP contribution in [-0.2, 0) is 85.4 Å². The number of aliphatic hydroxyl groups excluding tert-OH is 26. The highest BCUT2D eigenvalue weighted by atomic mass is 16.8. The molecule has 0 aromatic heterocycles. The molecule has 8 aliphatic heterocycles. The Hall–Kier alpha value is -2.74. The molecule has 8 heterocycles. The molecule has 2 amide bonds. The van der Waals surface area contributed by atoms with E-state index in [0.717, 1.165) is 13.8 Å². The molecule has 8 fully saturated rings. The van der Waals surface area contributed by atoms with Crippen molar-refractivity contribution >= 4 is 11.8 Å². The molecule has 0 unspecified atom stereocenters. The van der Waals surface area contributed by atoms with Gasteiger partial charge in [-0.25, -0.2) is 0 Å². The molecule has 0 radical (unpaired) electrons. The van der Waals surface area contributed by atoms with Crippen molar-refractivity contribution in [1.29, 1.82) is 0 Å². The largest absolute Gasteiger partial charge is 0.394 e. The van der Waals surface area contributed by atoms with Crippen LogP contribution in [0.2, 0.25) is 0 Å². The minimum atomic E-state index is -2.60. The van der Waals surface area contributed by atoms with E-state index >= 15 is 0 Å². The lowest BCUT2D eigenvalue weighted by Crippen LogP contribution is -2.71. The molecule has 104 heavy (non-hydrogen) atoms. The first-order valence-corrected chi connectivity index (χ1v) is 33.3. The third kappa shape index (κ3) is 19.1. The fourth-order valence-electron chi connectivity index (χ4n) is 13.1. The molecule has 0 spiro atoms. The molecule has 8 aliphatic rings.